The van der Waals surface area contributed by atoms with Crippen molar-refractivity contribution in [1.82, 2.24) is 24.5 Å². The third-order valence-electron chi connectivity index (χ3n) is 6.80. The Morgan fingerprint density at radius 2 is 1.80 bits per heavy atom. The molecule has 0 aliphatic carbocycles. The molecular weight excluding hydrogens is 555 g/mol. The lowest BCUT2D eigenvalue weighted by atomic mass is 9.92. The lowest BCUT2D eigenvalue weighted by molar-refractivity contribution is -0.294. The molecule has 1 N–H and O–H groups in total. The van der Waals surface area contributed by atoms with Crippen molar-refractivity contribution in [2.45, 2.75) is 18.4 Å². The normalized spacial score (nSPS) is 14.7. The molecule has 2 aromatic heterocycles. The smallest absolute Gasteiger partial charge is 0.420 e. The van der Waals surface area contributed by atoms with Crippen molar-refractivity contribution in [3.05, 3.63) is 47.8 Å². The zero-order valence-corrected chi connectivity index (χ0v) is 21.7. The Kier molecular flexibility index (Phi) is 6.61. The molecule has 3 heterocycles. The van der Waals surface area contributed by atoms with Crippen molar-refractivity contribution >= 4 is 16.8 Å². The summed E-state index contributed by atoms with van der Waals surface area (Å²) in [4.78, 5) is 13.8. The predicted octanol–water partition coefficient (Wildman–Crippen LogP) is 3.87. The number of methoxy groups -OCH3 is 1. The summed E-state index contributed by atoms with van der Waals surface area (Å²) in [7, 11) is 4.45. The maximum Gasteiger partial charge on any atom is 0.420 e. The fourth-order valence-electron chi connectivity index (χ4n) is 4.84. The topological polar surface area (TPSA) is 118 Å². The highest BCUT2D eigenvalue weighted by Gasteiger charge is 2.62. The van der Waals surface area contributed by atoms with E-state index < -0.39 is 48.7 Å². The minimum absolute atomic E-state index is 0.181. The average Bonchev–Trinajstić information content (AvgIpc) is 3.46. The molecule has 2 aromatic carbocycles. The van der Waals surface area contributed by atoms with Crippen LogP contribution in [0.15, 0.2) is 36.7 Å². The van der Waals surface area contributed by atoms with E-state index in [4.69, 9.17) is 4.74 Å². The molecule has 0 bridgehead atoms. The van der Waals surface area contributed by atoms with Crippen molar-refractivity contribution in [1.29, 1.82) is 5.26 Å². The van der Waals surface area contributed by atoms with Crippen molar-refractivity contribution in [3.63, 3.8) is 0 Å². The van der Waals surface area contributed by atoms with Crippen LogP contribution < -0.4 is 9.47 Å². The van der Waals surface area contributed by atoms with Gasteiger partial charge < -0.3 is 19.5 Å². The Bertz CT molecular complexity index is 1720. The predicted molar refractivity (Wildman–Crippen MR) is 133 cm³/mol. The number of hydrogen-bond donors (Lipinski definition) is 1. The van der Waals surface area contributed by atoms with Crippen LogP contribution in [-0.2, 0) is 14.1 Å². The number of β-amino-alcohol motifs (C(OH)–C–C–N with tert-alkyl or cyclic N) is 1. The van der Waals surface area contributed by atoms with Crippen LogP contribution in [0.3, 0.4) is 0 Å². The van der Waals surface area contributed by atoms with Gasteiger partial charge in [-0.15, -0.1) is 0 Å². The second-order valence-corrected chi connectivity index (χ2v) is 9.53. The number of nitrogens with zero attached hydrogens (tertiary/aromatic N) is 6. The van der Waals surface area contributed by atoms with Crippen molar-refractivity contribution in [3.8, 4) is 40.0 Å². The summed E-state index contributed by atoms with van der Waals surface area (Å²) in [5.41, 5.74) is -1.16. The Hall–Kier alpha value is -4.71. The summed E-state index contributed by atoms with van der Waals surface area (Å²) in [6, 6.07) is 7.90. The van der Waals surface area contributed by atoms with Crippen LogP contribution in [0, 0.1) is 11.3 Å². The number of nitriles is 1. The molecule has 0 spiro atoms. The van der Waals surface area contributed by atoms with Crippen LogP contribution in [-0.4, -0.2) is 74.1 Å². The molecular formula is C26H21F5N6O4. The number of alkyl halides is 5. The highest BCUT2D eigenvalue weighted by atomic mass is 19.4. The molecule has 0 radical (unpaired) electrons. The summed E-state index contributed by atoms with van der Waals surface area (Å²) in [6.07, 6.45) is -1.61. The quantitative estimate of drug-likeness (QED) is 0.346. The van der Waals surface area contributed by atoms with E-state index in [0.717, 1.165) is 18.7 Å². The van der Waals surface area contributed by atoms with E-state index in [9.17, 15) is 37.1 Å². The fourth-order valence-corrected chi connectivity index (χ4v) is 4.84. The van der Waals surface area contributed by atoms with Crippen LogP contribution in [0.5, 0.6) is 11.5 Å². The number of aliphatic hydroxyl groups is 1. The number of aryl methyl sites for hydroxylation is 2. The zero-order chi connectivity index (χ0) is 29.9. The lowest BCUT2D eigenvalue weighted by Gasteiger charge is -2.47. The van der Waals surface area contributed by atoms with Gasteiger partial charge in [-0.05, 0) is 29.8 Å². The number of halogens is 5. The van der Waals surface area contributed by atoms with Gasteiger partial charge in [-0.25, -0.2) is 0 Å². The molecule has 1 amide bonds. The summed E-state index contributed by atoms with van der Waals surface area (Å²) < 4.78 is 79.2. The van der Waals surface area contributed by atoms with Crippen molar-refractivity contribution in [2.24, 2.45) is 14.1 Å². The molecule has 4 aromatic rings. The number of likely N-dealkylation sites (tertiary alicyclic amines) is 1. The molecule has 5 rings (SSSR count). The van der Waals surface area contributed by atoms with Crippen molar-refractivity contribution < 1.29 is 41.3 Å². The molecule has 10 nitrogen and oxygen atoms in total. The standard InChI is InChI=1S/C26H21F5N6O4/c1-35-10-16(9-33-35)13-4-15(8-32)20-17(5-13)34-36(2)22(20)14-6-18(40-3)21(19(7-14)41-24(27)28)23(38)37-11-25(39,12-37)26(29,30)31/h4-7,9-10,24,39H,11-12H2,1-3H3. The SMILES string of the molecule is COc1cc(-c2c3c(C#N)cc(-c4cnn(C)c4)cc3nn2C)cc(OC(F)F)c1C(=O)N1CC(O)(C(F)(F)F)C1. The van der Waals surface area contributed by atoms with Gasteiger partial charge in [0.1, 0.15) is 17.1 Å². The number of ether oxygens (including phenoxy) is 2. The molecule has 1 saturated heterocycles. The van der Waals surface area contributed by atoms with Gasteiger partial charge in [0.25, 0.3) is 5.91 Å². The second-order valence-electron chi connectivity index (χ2n) is 9.53. The van der Waals surface area contributed by atoms with Crippen LogP contribution in [0.2, 0.25) is 0 Å². The molecule has 15 heteroatoms. The second kappa shape index (κ2) is 9.73. The van der Waals surface area contributed by atoms with Crippen LogP contribution in [0.1, 0.15) is 15.9 Å². The maximum absolute atomic E-state index is 13.5. The van der Waals surface area contributed by atoms with Gasteiger partial charge in [0.15, 0.2) is 5.60 Å². The largest absolute Gasteiger partial charge is 0.496 e. The highest BCUT2D eigenvalue weighted by Crippen LogP contribution is 2.43. The van der Waals surface area contributed by atoms with Gasteiger partial charge in [-0.2, -0.15) is 37.4 Å². The minimum atomic E-state index is -4.99. The number of carbonyl (C=O) groups is 1. The first kappa shape index (κ1) is 27.8. The monoisotopic (exact) mass is 576 g/mol. The van der Waals surface area contributed by atoms with Gasteiger partial charge in [-0.3, -0.25) is 14.2 Å². The summed E-state index contributed by atoms with van der Waals surface area (Å²) >= 11 is 0. The molecule has 41 heavy (non-hydrogen) atoms. The number of carbonyl (C=O) groups excluding carboxylic acids is 1. The molecule has 0 saturated carbocycles. The van der Waals surface area contributed by atoms with Crippen LogP contribution in [0.25, 0.3) is 33.3 Å². The zero-order valence-electron chi connectivity index (χ0n) is 21.7. The third-order valence-corrected chi connectivity index (χ3v) is 6.80. The number of benzene rings is 2. The number of rotatable bonds is 6. The van der Waals surface area contributed by atoms with E-state index >= 15 is 0 Å². The van der Waals surface area contributed by atoms with Gasteiger partial charge >= 0.3 is 12.8 Å². The molecule has 214 valence electrons. The highest BCUT2D eigenvalue weighted by molar-refractivity contribution is 6.04. The Balaban J connectivity index is 1.64. The molecule has 0 atom stereocenters. The van der Waals surface area contributed by atoms with E-state index in [1.54, 1.807) is 43.3 Å². The third kappa shape index (κ3) is 4.69. The summed E-state index contributed by atoms with van der Waals surface area (Å²) in [5.74, 6) is -2.04. The van der Waals surface area contributed by atoms with Crippen LogP contribution in [0.4, 0.5) is 22.0 Å². The van der Waals surface area contributed by atoms with E-state index in [1.807, 2.05) is 0 Å². The molecule has 1 aliphatic rings. The van der Waals surface area contributed by atoms with Crippen molar-refractivity contribution in [2.75, 3.05) is 20.2 Å². The Morgan fingerprint density at radius 3 is 2.37 bits per heavy atom. The van der Waals surface area contributed by atoms with Gasteiger partial charge in [-0.1, -0.05) is 0 Å². The van der Waals surface area contributed by atoms with E-state index in [1.165, 1.54) is 10.7 Å². The Morgan fingerprint density at radius 1 is 1.12 bits per heavy atom. The first-order valence-corrected chi connectivity index (χ1v) is 11.9. The summed E-state index contributed by atoms with van der Waals surface area (Å²) in [6.45, 7) is -5.58. The average molecular weight is 576 g/mol. The number of fused-ring (bicyclic) bond motifs is 1. The first-order chi connectivity index (χ1) is 19.3. The molecule has 1 fully saturated rings. The number of aromatic nitrogens is 4. The lowest BCUT2D eigenvalue weighted by Crippen LogP contribution is -2.70. The minimum Gasteiger partial charge on any atom is -0.496 e. The summed E-state index contributed by atoms with van der Waals surface area (Å²) in [5, 5.41) is 28.7. The van der Waals surface area contributed by atoms with Gasteiger partial charge in [0, 0.05) is 36.8 Å². The van der Waals surface area contributed by atoms with Crippen LogP contribution >= 0.6 is 0 Å². The molecule has 0 unspecified atom stereocenters. The fraction of sp³-hybridized carbons (Fsp3) is 0.308. The molecule has 1 aliphatic heterocycles. The Labute approximate surface area is 228 Å². The first-order valence-electron chi connectivity index (χ1n) is 11.9. The van der Waals surface area contributed by atoms with E-state index in [2.05, 4.69) is 21.0 Å². The van der Waals surface area contributed by atoms with Gasteiger partial charge in [0.2, 0.25) is 0 Å². The van der Waals surface area contributed by atoms with Gasteiger partial charge in [0.05, 0.1) is 49.2 Å². The maximum atomic E-state index is 13.5. The number of hydrogen-bond acceptors (Lipinski definition) is 7. The number of amides is 1. The van der Waals surface area contributed by atoms with E-state index in [0.29, 0.717) is 27.1 Å². The van der Waals surface area contributed by atoms with E-state index in [-0.39, 0.29) is 16.9 Å².